The summed E-state index contributed by atoms with van der Waals surface area (Å²) in [5, 5.41) is 11.2. The molecule has 2 aliphatic carbocycles. The molecule has 2 aliphatic rings. The summed E-state index contributed by atoms with van der Waals surface area (Å²) in [6, 6.07) is 0.363. The molecule has 25 heavy (non-hydrogen) atoms. The highest BCUT2D eigenvalue weighted by Crippen LogP contribution is 2.28. The van der Waals surface area contributed by atoms with E-state index in [1.54, 1.807) is 0 Å². The van der Waals surface area contributed by atoms with Crippen LogP contribution in [0, 0.1) is 5.92 Å². The van der Waals surface area contributed by atoms with Crippen LogP contribution < -0.4 is 5.32 Å². The van der Waals surface area contributed by atoms with Gasteiger partial charge in [-0.15, -0.1) is 5.10 Å². The van der Waals surface area contributed by atoms with Crippen LogP contribution in [-0.2, 0) is 11.2 Å². The first-order valence-corrected chi connectivity index (χ1v) is 11.1. The average molecular weight is 365 g/mol. The summed E-state index contributed by atoms with van der Waals surface area (Å²) >= 11 is 1.44. The number of nitrogens with zero attached hydrogens (tertiary/aromatic N) is 2. The maximum atomic E-state index is 12.2. The SMILES string of the molecule is O=C(CSc1n[nH]c(CCC2CCCC2)n1)NC1CCCCCCC1. The highest BCUT2D eigenvalue weighted by Gasteiger charge is 2.17. The van der Waals surface area contributed by atoms with Gasteiger partial charge in [0.2, 0.25) is 11.1 Å². The molecule has 0 aromatic carbocycles. The molecule has 1 amide bonds. The molecular weight excluding hydrogens is 332 g/mol. The Labute approximate surface area is 155 Å². The van der Waals surface area contributed by atoms with E-state index in [2.05, 4.69) is 20.5 Å². The van der Waals surface area contributed by atoms with Crippen molar-refractivity contribution in [2.75, 3.05) is 5.75 Å². The Kier molecular flexibility index (Phi) is 7.64. The van der Waals surface area contributed by atoms with Crippen molar-refractivity contribution < 1.29 is 4.79 Å². The second-order valence-electron chi connectivity index (χ2n) is 7.65. The summed E-state index contributed by atoms with van der Waals surface area (Å²) in [6.45, 7) is 0. The van der Waals surface area contributed by atoms with Gasteiger partial charge in [0.1, 0.15) is 5.82 Å². The number of hydrogen-bond acceptors (Lipinski definition) is 4. The van der Waals surface area contributed by atoms with E-state index in [-0.39, 0.29) is 5.91 Å². The number of H-pyrrole nitrogens is 1. The van der Waals surface area contributed by atoms with E-state index in [1.807, 2.05) is 0 Å². The van der Waals surface area contributed by atoms with Crippen LogP contribution >= 0.6 is 11.8 Å². The fourth-order valence-electron chi connectivity index (χ4n) is 4.09. The maximum Gasteiger partial charge on any atom is 0.230 e. The molecule has 0 aliphatic heterocycles. The molecule has 0 bridgehead atoms. The van der Waals surface area contributed by atoms with Gasteiger partial charge in [-0.2, -0.15) is 0 Å². The Morgan fingerprint density at radius 3 is 2.48 bits per heavy atom. The minimum Gasteiger partial charge on any atom is -0.353 e. The molecule has 0 radical (unpaired) electrons. The monoisotopic (exact) mass is 364 g/mol. The zero-order valence-electron chi connectivity index (χ0n) is 15.3. The van der Waals surface area contributed by atoms with Gasteiger partial charge in [-0.05, 0) is 25.2 Å². The Morgan fingerprint density at radius 2 is 1.72 bits per heavy atom. The van der Waals surface area contributed by atoms with E-state index < -0.39 is 0 Å². The summed E-state index contributed by atoms with van der Waals surface area (Å²) in [4.78, 5) is 16.7. The molecule has 6 heteroatoms. The average Bonchev–Trinajstić information content (AvgIpc) is 3.25. The van der Waals surface area contributed by atoms with Gasteiger partial charge in [-0.3, -0.25) is 9.89 Å². The normalized spacial score (nSPS) is 20.3. The van der Waals surface area contributed by atoms with Gasteiger partial charge in [0.25, 0.3) is 0 Å². The highest BCUT2D eigenvalue weighted by atomic mass is 32.2. The largest absolute Gasteiger partial charge is 0.353 e. The number of carbonyl (C=O) groups excluding carboxylic acids is 1. The van der Waals surface area contributed by atoms with Crippen LogP contribution in [-0.4, -0.2) is 32.9 Å². The zero-order chi connectivity index (χ0) is 17.3. The van der Waals surface area contributed by atoms with Crippen molar-refractivity contribution in [2.24, 2.45) is 5.92 Å². The number of thioether (sulfide) groups is 1. The lowest BCUT2D eigenvalue weighted by Gasteiger charge is -2.20. The molecule has 2 fully saturated rings. The molecular formula is C19H32N4OS. The van der Waals surface area contributed by atoms with Crippen molar-refractivity contribution in [1.82, 2.24) is 20.5 Å². The predicted molar refractivity (Wildman–Crippen MR) is 102 cm³/mol. The number of nitrogens with one attached hydrogen (secondary N) is 2. The zero-order valence-corrected chi connectivity index (χ0v) is 16.1. The lowest BCUT2D eigenvalue weighted by molar-refractivity contribution is -0.119. The van der Waals surface area contributed by atoms with E-state index >= 15 is 0 Å². The van der Waals surface area contributed by atoms with Gasteiger partial charge in [0.15, 0.2) is 0 Å². The van der Waals surface area contributed by atoms with Gasteiger partial charge in [-0.25, -0.2) is 4.98 Å². The predicted octanol–water partition coefficient (Wildman–Crippen LogP) is 4.25. The van der Waals surface area contributed by atoms with Crippen LogP contribution in [0.4, 0.5) is 0 Å². The topological polar surface area (TPSA) is 70.7 Å². The lowest BCUT2D eigenvalue weighted by atomic mass is 9.97. The number of amides is 1. The second kappa shape index (κ2) is 10.2. The fraction of sp³-hybridized carbons (Fsp3) is 0.842. The summed E-state index contributed by atoms with van der Waals surface area (Å²) in [7, 11) is 0. The number of aryl methyl sites for hydroxylation is 1. The second-order valence-corrected chi connectivity index (χ2v) is 8.59. The molecule has 2 N–H and O–H groups in total. The van der Waals surface area contributed by atoms with Gasteiger partial charge in [0, 0.05) is 12.5 Å². The third-order valence-electron chi connectivity index (χ3n) is 5.58. The summed E-state index contributed by atoms with van der Waals surface area (Å²) in [5.41, 5.74) is 0. The molecule has 140 valence electrons. The van der Waals surface area contributed by atoms with Crippen molar-refractivity contribution >= 4 is 17.7 Å². The van der Waals surface area contributed by atoms with Crippen LogP contribution in [0.2, 0.25) is 0 Å². The van der Waals surface area contributed by atoms with Crippen molar-refractivity contribution in [3.8, 4) is 0 Å². The molecule has 0 spiro atoms. The van der Waals surface area contributed by atoms with Gasteiger partial charge >= 0.3 is 0 Å². The minimum atomic E-state index is 0.118. The summed E-state index contributed by atoms with van der Waals surface area (Å²) < 4.78 is 0. The molecule has 2 saturated carbocycles. The number of hydrogen-bond donors (Lipinski definition) is 2. The van der Waals surface area contributed by atoms with Crippen LogP contribution in [0.25, 0.3) is 0 Å². The first-order valence-electron chi connectivity index (χ1n) is 10.1. The van der Waals surface area contributed by atoms with E-state index in [0.717, 1.165) is 31.0 Å². The number of aromatic nitrogens is 3. The Bertz CT molecular complexity index is 519. The number of aromatic amines is 1. The number of carbonyl (C=O) groups is 1. The third-order valence-corrected chi connectivity index (χ3v) is 6.43. The van der Waals surface area contributed by atoms with E-state index in [4.69, 9.17) is 0 Å². The van der Waals surface area contributed by atoms with Crippen molar-refractivity contribution in [1.29, 1.82) is 0 Å². The Balaban J connectivity index is 1.35. The molecule has 0 saturated heterocycles. The first kappa shape index (κ1) is 18.7. The first-order chi connectivity index (χ1) is 12.3. The summed E-state index contributed by atoms with van der Waals surface area (Å²) in [5.74, 6) is 2.37. The van der Waals surface area contributed by atoms with Crippen LogP contribution in [0.1, 0.15) is 82.9 Å². The van der Waals surface area contributed by atoms with E-state index in [0.29, 0.717) is 17.0 Å². The van der Waals surface area contributed by atoms with Gasteiger partial charge < -0.3 is 5.32 Å². The van der Waals surface area contributed by atoms with Gasteiger partial charge in [0.05, 0.1) is 5.75 Å². The maximum absolute atomic E-state index is 12.2. The summed E-state index contributed by atoms with van der Waals surface area (Å²) in [6.07, 6.45) is 16.4. The standard InChI is InChI=1S/C19H32N4OS/c24-18(20-16-10-4-2-1-3-5-11-16)14-25-19-21-17(22-23-19)13-12-15-8-6-7-9-15/h15-16H,1-14H2,(H,20,24)(H,21,22,23). The molecule has 3 rings (SSSR count). The van der Waals surface area contributed by atoms with Crippen molar-refractivity contribution in [2.45, 2.75) is 94.7 Å². The molecule has 1 heterocycles. The van der Waals surface area contributed by atoms with Crippen LogP contribution in [0.3, 0.4) is 0 Å². The van der Waals surface area contributed by atoms with Crippen molar-refractivity contribution in [3.63, 3.8) is 0 Å². The lowest BCUT2D eigenvalue weighted by Crippen LogP contribution is -2.36. The van der Waals surface area contributed by atoms with Gasteiger partial charge in [-0.1, -0.05) is 69.5 Å². The van der Waals surface area contributed by atoms with Crippen LogP contribution in [0.15, 0.2) is 5.16 Å². The van der Waals surface area contributed by atoms with Crippen LogP contribution in [0.5, 0.6) is 0 Å². The van der Waals surface area contributed by atoms with E-state index in [9.17, 15) is 4.79 Å². The molecule has 5 nitrogen and oxygen atoms in total. The number of rotatable bonds is 7. The highest BCUT2D eigenvalue weighted by molar-refractivity contribution is 7.99. The fourth-order valence-corrected chi connectivity index (χ4v) is 4.72. The van der Waals surface area contributed by atoms with Crippen molar-refractivity contribution in [3.05, 3.63) is 5.82 Å². The minimum absolute atomic E-state index is 0.118. The van der Waals surface area contributed by atoms with E-state index in [1.165, 1.54) is 76.0 Å². The Morgan fingerprint density at radius 1 is 1.04 bits per heavy atom. The molecule has 0 unspecified atom stereocenters. The molecule has 1 aromatic heterocycles. The molecule has 1 aromatic rings. The quantitative estimate of drug-likeness (QED) is 0.710. The Hall–Kier alpha value is -1.04. The molecule has 0 atom stereocenters. The smallest absolute Gasteiger partial charge is 0.230 e. The third kappa shape index (κ3) is 6.65.